The van der Waals surface area contributed by atoms with E-state index in [4.69, 9.17) is 4.74 Å². The van der Waals surface area contributed by atoms with E-state index in [0.717, 1.165) is 24.5 Å². The first-order chi connectivity index (χ1) is 17.9. The molecule has 2 unspecified atom stereocenters. The third kappa shape index (κ3) is 5.29. The molecular formula is C23H21F3N8O2S. The first kappa shape index (κ1) is 24.8. The van der Waals surface area contributed by atoms with Crippen LogP contribution in [0.5, 0.6) is 5.88 Å². The molecule has 2 N–H and O–H groups in total. The quantitative estimate of drug-likeness (QED) is 0.345. The van der Waals surface area contributed by atoms with Crippen LogP contribution in [0.3, 0.4) is 0 Å². The Kier molecular flexibility index (Phi) is 7.10. The molecule has 10 nitrogen and oxygen atoms in total. The van der Waals surface area contributed by atoms with E-state index in [9.17, 15) is 18.3 Å². The molecule has 4 aromatic rings. The molecule has 14 heteroatoms. The van der Waals surface area contributed by atoms with E-state index in [2.05, 4.69) is 29.9 Å². The van der Waals surface area contributed by atoms with Crippen molar-refractivity contribution in [3.8, 4) is 23.1 Å². The zero-order valence-corrected chi connectivity index (χ0v) is 20.2. The fraction of sp³-hybridized carbons (Fsp3) is 0.261. The lowest BCUT2D eigenvalue weighted by atomic mass is 10.1. The number of pyridine rings is 1. The Hall–Kier alpha value is -3.91. The molecule has 1 fully saturated rings. The van der Waals surface area contributed by atoms with Crippen molar-refractivity contribution < 1.29 is 23.0 Å². The number of rotatable bonds is 7. The number of benzene rings is 1. The zero-order valence-electron chi connectivity index (χ0n) is 19.4. The summed E-state index contributed by atoms with van der Waals surface area (Å²) in [5.41, 5.74) is -0.0829. The van der Waals surface area contributed by atoms with Crippen LogP contribution in [0.15, 0.2) is 48.8 Å². The van der Waals surface area contributed by atoms with E-state index >= 15 is 0 Å². The van der Waals surface area contributed by atoms with Crippen molar-refractivity contribution in [1.82, 2.24) is 29.7 Å². The summed E-state index contributed by atoms with van der Waals surface area (Å²) < 4.78 is 52.4. The third-order valence-corrected chi connectivity index (χ3v) is 6.56. The molecule has 0 spiro atoms. The van der Waals surface area contributed by atoms with Crippen LogP contribution in [-0.4, -0.2) is 66.4 Å². The van der Waals surface area contributed by atoms with Crippen molar-refractivity contribution in [1.29, 1.82) is 0 Å². The van der Waals surface area contributed by atoms with Gasteiger partial charge in [-0.2, -0.15) is 0 Å². The van der Waals surface area contributed by atoms with Crippen LogP contribution in [0.1, 0.15) is 6.42 Å². The second-order valence-corrected chi connectivity index (χ2v) is 9.26. The van der Waals surface area contributed by atoms with Gasteiger partial charge in [-0.1, -0.05) is 12.1 Å². The molecule has 0 aliphatic carbocycles. The number of ether oxygens (including phenoxy) is 1. The second-order valence-electron chi connectivity index (χ2n) is 8.16. The highest BCUT2D eigenvalue weighted by molar-refractivity contribution is 8.01. The van der Waals surface area contributed by atoms with Crippen LogP contribution < -0.4 is 14.4 Å². The van der Waals surface area contributed by atoms with Gasteiger partial charge in [0.15, 0.2) is 11.6 Å². The summed E-state index contributed by atoms with van der Waals surface area (Å²) in [5.74, 6) is -1.46. The lowest BCUT2D eigenvalue weighted by Crippen LogP contribution is -2.45. The number of β-amino-alcohol motifs (C(OH)–C–C–N with tert-alkyl or cyclic N) is 1. The number of nitrogens with zero attached hydrogens (tertiary/aromatic N) is 7. The Balaban J connectivity index is 1.44. The lowest BCUT2D eigenvalue weighted by molar-refractivity contribution is 0.156. The van der Waals surface area contributed by atoms with Crippen molar-refractivity contribution in [2.45, 2.75) is 17.8 Å². The molecule has 1 aromatic carbocycles. The van der Waals surface area contributed by atoms with Gasteiger partial charge >= 0.3 is 0 Å². The monoisotopic (exact) mass is 530 g/mol. The second kappa shape index (κ2) is 10.6. The molecule has 0 amide bonds. The third-order valence-electron chi connectivity index (χ3n) is 5.58. The molecule has 1 aliphatic heterocycles. The van der Waals surface area contributed by atoms with E-state index < -0.39 is 23.6 Å². The number of piperidine rings is 1. The summed E-state index contributed by atoms with van der Waals surface area (Å²) in [4.78, 5) is 14.0. The van der Waals surface area contributed by atoms with Crippen LogP contribution >= 0.6 is 11.9 Å². The van der Waals surface area contributed by atoms with Crippen LogP contribution in [0.4, 0.5) is 25.1 Å². The van der Waals surface area contributed by atoms with Gasteiger partial charge in [-0.15, -0.1) is 10.2 Å². The van der Waals surface area contributed by atoms with Crippen LogP contribution in [0, 0.1) is 17.5 Å². The molecule has 1 aliphatic rings. The number of anilines is 2. The summed E-state index contributed by atoms with van der Waals surface area (Å²) in [6.45, 7) is 0.706. The van der Waals surface area contributed by atoms with Gasteiger partial charge in [0.2, 0.25) is 17.8 Å². The maximum Gasteiger partial charge on any atom is 0.239 e. The number of halogens is 3. The minimum Gasteiger partial charge on any atom is -0.481 e. The number of aliphatic hydroxyl groups excluding tert-OH is 1. The van der Waals surface area contributed by atoms with Gasteiger partial charge in [-0.05, 0) is 36.6 Å². The van der Waals surface area contributed by atoms with Crippen LogP contribution in [-0.2, 0) is 0 Å². The van der Waals surface area contributed by atoms with Gasteiger partial charge in [-0.3, -0.25) is 9.29 Å². The van der Waals surface area contributed by atoms with E-state index in [1.54, 1.807) is 23.1 Å². The standard InChI is InChI=1S/C23H21F3N8O2S/c1-36-19-7-3-6-18(29-19)21-30-31-23(34(21)20-16(25)4-2-5-17(20)26)32-37-15-8-14(35)11-33(12-15)22-27-9-13(24)10-28-22/h2-7,9-10,14-15,35H,8,11-12H2,1H3,(H,31,32). The Bertz CT molecular complexity index is 1370. The minimum atomic E-state index is -0.815. The lowest BCUT2D eigenvalue weighted by Gasteiger charge is -2.35. The number of hydrogen-bond donors (Lipinski definition) is 2. The predicted octanol–water partition coefficient (Wildman–Crippen LogP) is 3.25. The van der Waals surface area contributed by atoms with Gasteiger partial charge in [0.05, 0.1) is 25.6 Å². The summed E-state index contributed by atoms with van der Waals surface area (Å²) in [5, 5.41) is 18.5. The fourth-order valence-electron chi connectivity index (χ4n) is 3.96. The fourth-order valence-corrected chi connectivity index (χ4v) is 4.94. The highest BCUT2D eigenvalue weighted by atomic mass is 32.2. The molecule has 5 rings (SSSR count). The Morgan fingerprint density at radius 3 is 2.49 bits per heavy atom. The first-order valence-electron chi connectivity index (χ1n) is 11.2. The normalized spacial score (nSPS) is 17.6. The van der Waals surface area contributed by atoms with E-state index in [1.807, 2.05) is 0 Å². The summed E-state index contributed by atoms with van der Waals surface area (Å²) in [7, 11) is 1.45. The highest BCUT2D eigenvalue weighted by Gasteiger charge is 2.29. The number of aromatic nitrogens is 6. The number of aliphatic hydroxyl groups is 1. The molecule has 4 heterocycles. The molecule has 1 saturated heterocycles. The maximum absolute atomic E-state index is 14.9. The minimum absolute atomic E-state index is 0.0539. The van der Waals surface area contributed by atoms with Gasteiger partial charge in [0.1, 0.15) is 23.0 Å². The van der Waals surface area contributed by atoms with Crippen molar-refractivity contribution in [3.63, 3.8) is 0 Å². The predicted molar refractivity (Wildman–Crippen MR) is 131 cm³/mol. The van der Waals surface area contributed by atoms with Crippen molar-refractivity contribution in [2.75, 3.05) is 29.8 Å². The van der Waals surface area contributed by atoms with E-state index in [0.29, 0.717) is 24.5 Å². The van der Waals surface area contributed by atoms with Gasteiger partial charge in [0, 0.05) is 24.4 Å². The molecule has 2 atom stereocenters. The highest BCUT2D eigenvalue weighted by Crippen LogP contribution is 2.32. The molecule has 0 radical (unpaired) electrons. The molecule has 192 valence electrons. The van der Waals surface area contributed by atoms with Crippen LogP contribution in [0.2, 0.25) is 0 Å². The average molecular weight is 531 g/mol. The molecule has 0 bridgehead atoms. The number of nitrogens with one attached hydrogen (secondary N) is 1. The smallest absolute Gasteiger partial charge is 0.239 e. The van der Waals surface area contributed by atoms with E-state index in [-0.39, 0.29) is 35.2 Å². The molecule has 3 aromatic heterocycles. The van der Waals surface area contributed by atoms with Crippen LogP contribution in [0.25, 0.3) is 17.2 Å². The Labute approximate surface area is 213 Å². The molecule has 37 heavy (non-hydrogen) atoms. The first-order valence-corrected chi connectivity index (χ1v) is 12.0. The summed E-state index contributed by atoms with van der Waals surface area (Å²) >= 11 is 1.20. The van der Waals surface area contributed by atoms with Gasteiger partial charge < -0.3 is 14.7 Å². The number of methoxy groups -OCH3 is 1. The molecule has 0 saturated carbocycles. The Morgan fingerprint density at radius 1 is 1.03 bits per heavy atom. The van der Waals surface area contributed by atoms with Gasteiger partial charge in [-0.25, -0.2) is 28.1 Å². The summed E-state index contributed by atoms with van der Waals surface area (Å²) in [6.07, 6.45) is 1.84. The largest absolute Gasteiger partial charge is 0.481 e. The van der Waals surface area contributed by atoms with Crippen molar-refractivity contribution in [3.05, 3.63) is 66.2 Å². The maximum atomic E-state index is 14.9. The van der Waals surface area contributed by atoms with Crippen molar-refractivity contribution in [2.24, 2.45) is 0 Å². The summed E-state index contributed by atoms with van der Waals surface area (Å²) in [6, 6.07) is 8.46. The number of para-hydroxylation sites is 1. The van der Waals surface area contributed by atoms with Crippen molar-refractivity contribution >= 4 is 23.8 Å². The number of hydrogen-bond acceptors (Lipinski definition) is 10. The SMILES string of the molecule is COc1cccc(-c2nnc(NSC3CC(O)CN(c4ncc(F)cn4)C3)n2-c2c(F)cccc2F)n1. The molecular weight excluding hydrogens is 509 g/mol. The zero-order chi connectivity index (χ0) is 25.9. The van der Waals surface area contributed by atoms with E-state index in [1.165, 1.54) is 29.7 Å². The Morgan fingerprint density at radius 2 is 1.76 bits per heavy atom. The topological polar surface area (TPSA) is 114 Å². The average Bonchev–Trinajstić information content (AvgIpc) is 3.31. The van der Waals surface area contributed by atoms with Gasteiger partial charge in [0.25, 0.3) is 0 Å².